The Morgan fingerprint density at radius 2 is 1.71 bits per heavy atom. The number of ether oxygens (including phenoxy) is 1. The zero-order chi connectivity index (χ0) is 17.4. The van der Waals surface area contributed by atoms with Crippen molar-refractivity contribution in [3.8, 4) is 0 Å². The Hall–Kier alpha value is -1.98. The molecule has 2 rings (SSSR count). The second kappa shape index (κ2) is 9.35. The van der Waals surface area contributed by atoms with Gasteiger partial charge in [-0.3, -0.25) is 9.59 Å². The normalized spacial score (nSPS) is 11.6. The van der Waals surface area contributed by atoms with Gasteiger partial charge in [0, 0.05) is 12.1 Å². The van der Waals surface area contributed by atoms with Crippen molar-refractivity contribution in [2.24, 2.45) is 0 Å². The molecular weight excluding hydrogens is 346 g/mol. The van der Waals surface area contributed by atoms with Gasteiger partial charge in [-0.25, -0.2) is 0 Å². The summed E-state index contributed by atoms with van der Waals surface area (Å²) in [7, 11) is 1.50. The average molecular weight is 364 g/mol. The molecule has 4 nitrogen and oxygen atoms in total. The molecule has 2 aromatic carbocycles. The highest BCUT2D eigenvalue weighted by atomic mass is 35.5. The first-order chi connectivity index (χ1) is 11.6. The molecule has 0 aliphatic rings. The van der Waals surface area contributed by atoms with Crippen molar-refractivity contribution < 1.29 is 14.3 Å². The van der Waals surface area contributed by atoms with Crippen molar-refractivity contribution in [1.82, 2.24) is 5.32 Å². The van der Waals surface area contributed by atoms with E-state index in [1.54, 1.807) is 0 Å². The Labute approximate surface area is 150 Å². The molecular formula is C18H18ClNO3S. The number of carbonyl (C=O) groups excluding carboxylic acids is 2. The predicted molar refractivity (Wildman–Crippen MR) is 97.2 cm³/mol. The number of nitrogens with one attached hydrogen (secondary N) is 1. The van der Waals surface area contributed by atoms with Crippen LogP contribution in [0.2, 0.25) is 5.02 Å². The van der Waals surface area contributed by atoms with Crippen LogP contribution in [0.1, 0.15) is 16.4 Å². The summed E-state index contributed by atoms with van der Waals surface area (Å²) < 4.78 is 4.94. The lowest BCUT2D eigenvalue weighted by molar-refractivity contribution is -0.145. The summed E-state index contributed by atoms with van der Waals surface area (Å²) in [6, 6.07) is 17.5. The molecule has 0 heterocycles. The molecule has 2 aromatic rings. The van der Waals surface area contributed by atoms with E-state index in [1.807, 2.05) is 54.6 Å². The standard InChI is InChI=1S/C18H18ClNO3S/c1-20-16(21)11-23-17(22)12-24-18(13-5-3-2-4-6-13)14-7-9-15(19)10-8-14/h2-10,18H,11-12H2,1H3,(H,20,21)/t18-/m1/s1. The van der Waals surface area contributed by atoms with Crippen molar-refractivity contribution >= 4 is 35.2 Å². The van der Waals surface area contributed by atoms with Crippen LogP contribution in [0.5, 0.6) is 0 Å². The monoisotopic (exact) mass is 363 g/mol. The highest BCUT2D eigenvalue weighted by Crippen LogP contribution is 2.36. The molecule has 0 unspecified atom stereocenters. The smallest absolute Gasteiger partial charge is 0.316 e. The van der Waals surface area contributed by atoms with Crippen LogP contribution in [-0.4, -0.2) is 31.3 Å². The maximum atomic E-state index is 11.8. The third kappa shape index (κ3) is 5.58. The number of hydrogen-bond acceptors (Lipinski definition) is 4. The average Bonchev–Trinajstić information content (AvgIpc) is 2.62. The molecule has 0 spiro atoms. The Bertz CT molecular complexity index is 676. The zero-order valence-electron chi connectivity index (χ0n) is 13.2. The summed E-state index contributed by atoms with van der Waals surface area (Å²) in [4.78, 5) is 23.0. The molecule has 1 atom stereocenters. The summed E-state index contributed by atoms with van der Waals surface area (Å²) in [5.41, 5.74) is 2.14. The molecule has 1 N–H and O–H groups in total. The molecule has 126 valence electrons. The van der Waals surface area contributed by atoms with Gasteiger partial charge < -0.3 is 10.1 Å². The predicted octanol–water partition coefficient (Wildman–Crippen LogP) is 3.45. The van der Waals surface area contributed by atoms with Gasteiger partial charge in [-0.2, -0.15) is 0 Å². The van der Waals surface area contributed by atoms with Crippen molar-refractivity contribution in [2.45, 2.75) is 5.25 Å². The molecule has 0 fully saturated rings. The lowest BCUT2D eigenvalue weighted by Crippen LogP contribution is -2.25. The van der Waals surface area contributed by atoms with E-state index in [4.69, 9.17) is 16.3 Å². The van der Waals surface area contributed by atoms with E-state index in [-0.39, 0.29) is 23.5 Å². The largest absolute Gasteiger partial charge is 0.455 e. The van der Waals surface area contributed by atoms with Crippen molar-refractivity contribution in [2.75, 3.05) is 19.4 Å². The van der Waals surface area contributed by atoms with Gasteiger partial charge in [0.15, 0.2) is 6.61 Å². The molecule has 1 amide bonds. The van der Waals surface area contributed by atoms with Gasteiger partial charge in [0.2, 0.25) is 0 Å². The molecule has 0 radical (unpaired) electrons. The number of likely N-dealkylation sites (N-methyl/N-ethyl adjacent to an activating group) is 1. The van der Waals surface area contributed by atoms with Gasteiger partial charge in [0.05, 0.1) is 11.0 Å². The molecule has 0 bridgehead atoms. The Morgan fingerprint density at radius 1 is 1.08 bits per heavy atom. The lowest BCUT2D eigenvalue weighted by Gasteiger charge is -2.17. The number of benzene rings is 2. The topological polar surface area (TPSA) is 55.4 Å². The third-order valence-electron chi connectivity index (χ3n) is 3.29. The van der Waals surface area contributed by atoms with Crippen LogP contribution in [0.4, 0.5) is 0 Å². The fraction of sp³-hybridized carbons (Fsp3) is 0.222. The highest BCUT2D eigenvalue weighted by molar-refractivity contribution is 8.00. The van der Waals surface area contributed by atoms with E-state index in [9.17, 15) is 9.59 Å². The molecule has 6 heteroatoms. The fourth-order valence-corrected chi connectivity index (χ4v) is 3.27. The second-order valence-electron chi connectivity index (χ2n) is 4.99. The summed E-state index contributed by atoms with van der Waals surface area (Å²) in [5.74, 6) is -0.594. The van der Waals surface area contributed by atoms with E-state index in [1.165, 1.54) is 18.8 Å². The van der Waals surface area contributed by atoms with E-state index in [0.717, 1.165) is 11.1 Å². The summed E-state index contributed by atoms with van der Waals surface area (Å²) >= 11 is 7.41. The van der Waals surface area contributed by atoms with Gasteiger partial charge >= 0.3 is 5.97 Å². The summed E-state index contributed by atoms with van der Waals surface area (Å²) in [6.07, 6.45) is 0. The molecule has 0 aliphatic carbocycles. The van der Waals surface area contributed by atoms with E-state index in [0.29, 0.717) is 5.02 Å². The number of halogens is 1. The summed E-state index contributed by atoms with van der Waals surface area (Å²) in [5, 5.41) is 3.06. The van der Waals surface area contributed by atoms with Gasteiger partial charge in [-0.05, 0) is 23.3 Å². The maximum Gasteiger partial charge on any atom is 0.316 e. The van der Waals surface area contributed by atoms with E-state index < -0.39 is 5.97 Å². The Kier molecular flexibility index (Phi) is 7.15. The van der Waals surface area contributed by atoms with Gasteiger partial charge in [-0.15, -0.1) is 11.8 Å². The van der Waals surface area contributed by atoms with Crippen LogP contribution in [0, 0.1) is 0 Å². The minimum atomic E-state index is -0.418. The first-order valence-corrected chi connectivity index (χ1v) is 8.81. The number of rotatable bonds is 7. The highest BCUT2D eigenvalue weighted by Gasteiger charge is 2.17. The number of hydrogen-bond donors (Lipinski definition) is 1. The first-order valence-electron chi connectivity index (χ1n) is 7.38. The van der Waals surface area contributed by atoms with Gasteiger partial charge in [-0.1, -0.05) is 54.1 Å². The van der Waals surface area contributed by atoms with Crippen LogP contribution < -0.4 is 5.32 Å². The lowest BCUT2D eigenvalue weighted by atomic mass is 10.0. The number of carbonyl (C=O) groups is 2. The van der Waals surface area contributed by atoms with E-state index in [2.05, 4.69) is 5.32 Å². The molecule has 0 saturated heterocycles. The third-order valence-corrected chi connectivity index (χ3v) is 4.82. The Morgan fingerprint density at radius 3 is 2.33 bits per heavy atom. The van der Waals surface area contributed by atoms with E-state index >= 15 is 0 Å². The van der Waals surface area contributed by atoms with Crippen LogP contribution in [-0.2, 0) is 14.3 Å². The van der Waals surface area contributed by atoms with Gasteiger partial charge in [0.1, 0.15) is 0 Å². The minimum absolute atomic E-state index is 0.0176. The number of amides is 1. The Balaban J connectivity index is 2.05. The number of thioether (sulfide) groups is 1. The molecule has 24 heavy (non-hydrogen) atoms. The maximum absolute atomic E-state index is 11.8. The SMILES string of the molecule is CNC(=O)COC(=O)CS[C@H](c1ccccc1)c1ccc(Cl)cc1. The van der Waals surface area contributed by atoms with Crippen LogP contribution in [0.3, 0.4) is 0 Å². The fourth-order valence-electron chi connectivity index (χ4n) is 2.06. The minimum Gasteiger partial charge on any atom is -0.455 e. The van der Waals surface area contributed by atoms with Crippen LogP contribution in [0.25, 0.3) is 0 Å². The second-order valence-corrected chi connectivity index (χ2v) is 6.52. The number of esters is 1. The molecule has 0 saturated carbocycles. The zero-order valence-corrected chi connectivity index (χ0v) is 14.8. The molecule has 0 aromatic heterocycles. The van der Waals surface area contributed by atoms with Crippen molar-refractivity contribution in [3.63, 3.8) is 0 Å². The van der Waals surface area contributed by atoms with Gasteiger partial charge in [0.25, 0.3) is 5.91 Å². The van der Waals surface area contributed by atoms with Crippen LogP contribution >= 0.6 is 23.4 Å². The summed E-state index contributed by atoms with van der Waals surface area (Å²) in [6.45, 7) is -0.257. The quantitative estimate of drug-likeness (QED) is 0.765. The first kappa shape index (κ1) is 18.4. The van der Waals surface area contributed by atoms with Crippen LogP contribution in [0.15, 0.2) is 54.6 Å². The molecule has 0 aliphatic heterocycles. The van der Waals surface area contributed by atoms with Crippen molar-refractivity contribution in [3.05, 3.63) is 70.7 Å². The van der Waals surface area contributed by atoms with Crippen molar-refractivity contribution in [1.29, 1.82) is 0 Å².